The summed E-state index contributed by atoms with van der Waals surface area (Å²) < 4.78 is 4.80. The average Bonchev–Trinajstić information content (AvgIpc) is 2.59. The Balaban J connectivity index is 1.88. The number of carbonyl (C=O) groups is 2. The Morgan fingerprint density at radius 3 is 2.33 bits per heavy atom. The van der Waals surface area contributed by atoms with Gasteiger partial charge in [-0.25, -0.2) is 0 Å². The van der Waals surface area contributed by atoms with Crippen molar-refractivity contribution in [1.82, 2.24) is 4.90 Å². The van der Waals surface area contributed by atoms with E-state index in [-0.39, 0.29) is 18.4 Å². The Morgan fingerprint density at radius 1 is 1.00 bits per heavy atom. The van der Waals surface area contributed by atoms with E-state index in [4.69, 9.17) is 4.74 Å². The van der Waals surface area contributed by atoms with E-state index < -0.39 is 0 Å². The number of nitrogens with one attached hydrogen (secondary N) is 2. The largest absolute Gasteiger partial charge is 0.375 e. The topological polar surface area (TPSA) is 70.7 Å². The summed E-state index contributed by atoms with van der Waals surface area (Å²) in [6, 6.07) is 13.7. The number of rotatable bonds is 8. The van der Waals surface area contributed by atoms with E-state index in [2.05, 4.69) is 41.8 Å². The Morgan fingerprint density at radius 2 is 1.70 bits per heavy atom. The van der Waals surface area contributed by atoms with Gasteiger partial charge in [0.25, 0.3) is 0 Å². The average molecular weight is 369 g/mol. The Bertz CT molecular complexity index is 788. The van der Waals surface area contributed by atoms with Crippen LogP contribution in [0.15, 0.2) is 42.5 Å². The lowest BCUT2D eigenvalue weighted by Crippen LogP contribution is -2.29. The summed E-state index contributed by atoms with van der Waals surface area (Å²) in [5.74, 6) is -0.296. The van der Waals surface area contributed by atoms with E-state index in [0.29, 0.717) is 24.5 Å². The van der Waals surface area contributed by atoms with Gasteiger partial charge >= 0.3 is 0 Å². The van der Waals surface area contributed by atoms with Gasteiger partial charge in [-0.15, -0.1) is 0 Å². The lowest BCUT2D eigenvalue weighted by molar-refractivity contribution is -0.119. The zero-order chi connectivity index (χ0) is 19.8. The summed E-state index contributed by atoms with van der Waals surface area (Å²) in [6.45, 7) is 4.93. The van der Waals surface area contributed by atoms with Crippen LogP contribution in [0.25, 0.3) is 0 Å². The predicted octanol–water partition coefficient (Wildman–Crippen LogP) is 2.96. The lowest BCUT2D eigenvalue weighted by Gasteiger charge is -2.17. The molecular weight excluding hydrogens is 342 g/mol. The number of ether oxygens (including phenoxy) is 1. The molecule has 0 unspecified atom stereocenters. The number of hydrogen-bond acceptors (Lipinski definition) is 4. The second-order valence-electron chi connectivity index (χ2n) is 6.72. The monoisotopic (exact) mass is 369 g/mol. The number of benzene rings is 2. The highest BCUT2D eigenvalue weighted by molar-refractivity contribution is 5.94. The molecule has 0 spiro atoms. The van der Waals surface area contributed by atoms with E-state index in [9.17, 15) is 9.59 Å². The molecule has 0 fully saturated rings. The zero-order valence-corrected chi connectivity index (χ0v) is 16.3. The number of anilines is 2. The quantitative estimate of drug-likeness (QED) is 0.751. The van der Waals surface area contributed by atoms with Crippen molar-refractivity contribution in [1.29, 1.82) is 0 Å². The van der Waals surface area contributed by atoms with Crippen LogP contribution in [0, 0.1) is 13.8 Å². The minimum absolute atomic E-state index is 0.00520. The second kappa shape index (κ2) is 9.85. The van der Waals surface area contributed by atoms with Crippen LogP contribution in [-0.2, 0) is 20.9 Å². The van der Waals surface area contributed by atoms with Gasteiger partial charge in [0.15, 0.2) is 0 Å². The molecule has 0 saturated heterocycles. The highest BCUT2D eigenvalue weighted by Gasteiger charge is 2.10. The molecule has 0 aliphatic carbocycles. The number of nitrogens with zero attached hydrogens (tertiary/aromatic N) is 1. The van der Waals surface area contributed by atoms with Crippen LogP contribution < -0.4 is 10.6 Å². The molecule has 2 aromatic rings. The van der Waals surface area contributed by atoms with Crippen LogP contribution in [0.2, 0.25) is 0 Å². The smallest absolute Gasteiger partial charge is 0.250 e. The normalized spacial score (nSPS) is 10.7. The standard InChI is InChI=1S/C21H27N3O3/c1-15-5-7-17(8-6-15)12-24(3)13-20(25)22-18-9-10-19(16(2)11-18)23-21(26)14-27-4/h5-11H,12-14H2,1-4H3,(H,22,25)(H,23,26). The van der Waals surface area contributed by atoms with Gasteiger partial charge in [0, 0.05) is 25.0 Å². The molecule has 0 saturated carbocycles. The predicted molar refractivity (Wildman–Crippen MR) is 108 cm³/mol. The molecule has 0 heterocycles. The van der Waals surface area contributed by atoms with E-state index in [1.54, 1.807) is 12.1 Å². The molecule has 6 nitrogen and oxygen atoms in total. The Hall–Kier alpha value is -2.70. The van der Waals surface area contributed by atoms with Gasteiger partial charge in [0.1, 0.15) is 6.61 Å². The highest BCUT2D eigenvalue weighted by atomic mass is 16.5. The van der Waals surface area contributed by atoms with E-state index >= 15 is 0 Å². The van der Waals surface area contributed by atoms with Crippen LogP contribution in [0.5, 0.6) is 0 Å². The van der Waals surface area contributed by atoms with Crippen molar-refractivity contribution in [2.45, 2.75) is 20.4 Å². The summed E-state index contributed by atoms with van der Waals surface area (Å²) in [6.07, 6.45) is 0. The van der Waals surface area contributed by atoms with Gasteiger partial charge in [0.05, 0.1) is 6.54 Å². The van der Waals surface area contributed by atoms with Gasteiger partial charge in [-0.05, 0) is 50.2 Å². The molecule has 2 rings (SSSR count). The molecule has 0 bridgehead atoms. The maximum atomic E-state index is 12.3. The van der Waals surface area contributed by atoms with Crippen LogP contribution in [0.4, 0.5) is 11.4 Å². The molecule has 2 amide bonds. The molecule has 0 radical (unpaired) electrons. The van der Waals surface area contributed by atoms with Crippen molar-refractivity contribution >= 4 is 23.2 Å². The second-order valence-corrected chi connectivity index (χ2v) is 6.72. The van der Waals surface area contributed by atoms with Gasteiger partial charge < -0.3 is 15.4 Å². The lowest BCUT2D eigenvalue weighted by atomic mass is 10.1. The molecule has 2 N–H and O–H groups in total. The van der Waals surface area contributed by atoms with Gasteiger partial charge in [-0.1, -0.05) is 29.8 Å². The van der Waals surface area contributed by atoms with Crippen molar-refractivity contribution in [2.75, 3.05) is 37.9 Å². The Kier molecular flexibility index (Phi) is 7.52. The third-order valence-corrected chi connectivity index (χ3v) is 4.05. The zero-order valence-electron chi connectivity index (χ0n) is 16.3. The molecule has 0 aliphatic heterocycles. The summed E-state index contributed by atoms with van der Waals surface area (Å²) in [7, 11) is 3.39. The molecule has 0 aliphatic rings. The number of carbonyl (C=O) groups excluding carboxylic acids is 2. The first kappa shape index (κ1) is 20.6. The third kappa shape index (κ3) is 6.84. The third-order valence-electron chi connectivity index (χ3n) is 4.05. The van der Waals surface area contributed by atoms with Crippen molar-refractivity contribution in [3.63, 3.8) is 0 Å². The maximum Gasteiger partial charge on any atom is 0.250 e. The highest BCUT2D eigenvalue weighted by Crippen LogP contribution is 2.19. The number of methoxy groups -OCH3 is 1. The number of hydrogen-bond donors (Lipinski definition) is 2. The van der Waals surface area contributed by atoms with E-state index in [1.807, 2.05) is 24.9 Å². The molecule has 2 aromatic carbocycles. The molecule has 27 heavy (non-hydrogen) atoms. The van der Waals surface area contributed by atoms with Crippen molar-refractivity contribution in [2.24, 2.45) is 0 Å². The van der Waals surface area contributed by atoms with Gasteiger partial charge in [-0.2, -0.15) is 0 Å². The fourth-order valence-electron chi connectivity index (χ4n) is 2.71. The summed E-state index contributed by atoms with van der Waals surface area (Å²) in [4.78, 5) is 25.9. The first-order chi connectivity index (χ1) is 12.9. The summed E-state index contributed by atoms with van der Waals surface area (Å²) in [5, 5.41) is 5.67. The fourth-order valence-corrected chi connectivity index (χ4v) is 2.71. The first-order valence-corrected chi connectivity index (χ1v) is 8.80. The molecule has 6 heteroatoms. The fraction of sp³-hybridized carbons (Fsp3) is 0.333. The van der Waals surface area contributed by atoms with E-state index in [1.165, 1.54) is 18.2 Å². The van der Waals surface area contributed by atoms with Crippen LogP contribution in [0.3, 0.4) is 0 Å². The number of aryl methyl sites for hydroxylation is 2. The van der Waals surface area contributed by atoms with Gasteiger partial charge in [0.2, 0.25) is 11.8 Å². The van der Waals surface area contributed by atoms with Crippen LogP contribution in [0.1, 0.15) is 16.7 Å². The Labute approximate surface area is 160 Å². The SMILES string of the molecule is COCC(=O)Nc1ccc(NC(=O)CN(C)Cc2ccc(C)cc2)cc1C. The number of amides is 2. The summed E-state index contributed by atoms with van der Waals surface area (Å²) >= 11 is 0. The van der Waals surface area contributed by atoms with Crippen molar-refractivity contribution < 1.29 is 14.3 Å². The first-order valence-electron chi connectivity index (χ1n) is 8.80. The molecule has 144 valence electrons. The van der Waals surface area contributed by atoms with E-state index in [0.717, 1.165) is 5.56 Å². The maximum absolute atomic E-state index is 12.3. The van der Waals surface area contributed by atoms with Crippen molar-refractivity contribution in [3.05, 3.63) is 59.2 Å². The molecular formula is C21H27N3O3. The van der Waals surface area contributed by atoms with Crippen molar-refractivity contribution in [3.8, 4) is 0 Å². The van der Waals surface area contributed by atoms with Crippen LogP contribution >= 0.6 is 0 Å². The van der Waals surface area contributed by atoms with Gasteiger partial charge in [-0.3, -0.25) is 14.5 Å². The number of likely N-dealkylation sites (N-methyl/N-ethyl adjacent to an activating group) is 1. The minimum Gasteiger partial charge on any atom is -0.375 e. The molecule has 0 atom stereocenters. The summed E-state index contributed by atoms with van der Waals surface area (Å²) in [5.41, 5.74) is 4.65. The van der Waals surface area contributed by atoms with Crippen LogP contribution in [-0.4, -0.2) is 44.0 Å². The molecule has 0 aromatic heterocycles. The minimum atomic E-state index is -0.213.